The number of hydrogen-bond donors (Lipinski definition) is 1. The summed E-state index contributed by atoms with van der Waals surface area (Å²) in [6, 6.07) is 8.90. The van der Waals surface area contributed by atoms with Gasteiger partial charge in [-0.2, -0.15) is 0 Å². The number of rotatable bonds is 4. The van der Waals surface area contributed by atoms with E-state index in [-0.39, 0.29) is 11.7 Å². The van der Waals surface area contributed by atoms with Gasteiger partial charge in [-0.15, -0.1) is 0 Å². The summed E-state index contributed by atoms with van der Waals surface area (Å²) in [6.07, 6.45) is 6.55. The molecule has 1 amide bonds. The van der Waals surface area contributed by atoms with Crippen molar-refractivity contribution < 1.29 is 9.18 Å². The molecule has 5 nitrogen and oxygen atoms in total. The van der Waals surface area contributed by atoms with Gasteiger partial charge in [-0.3, -0.25) is 9.78 Å². The lowest BCUT2D eigenvalue weighted by atomic mass is 10.1. The molecule has 0 radical (unpaired) electrons. The van der Waals surface area contributed by atoms with E-state index < -0.39 is 6.04 Å². The van der Waals surface area contributed by atoms with Crippen LogP contribution >= 0.6 is 0 Å². The van der Waals surface area contributed by atoms with Crippen molar-refractivity contribution in [2.75, 3.05) is 0 Å². The molecule has 1 aromatic carbocycles. The monoisotopic (exact) mass is 310 g/mol. The molecule has 0 saturated carbocycles. The zero-order chi connectivity index (χ0) is 16.2. The SMILES string of the molecule is Cn1ccnc1C(NC(=O)c1cccnc1)c1ccc(F)cc1. The number of carbonyl (C=O) groups is 1. The zero-order valence-electron chi connectivity index (χ0n) is 12.5. The Labute approximate surface area is 132 Å². The number of nitrogens with one attached hydrogen (secondary N) is 1. The molecular weight excluding hydrogens is 295 g/mol. The minimum Gasteiger partial charge on any atom is -0.338 e. The lowest BCUT2D eigenvalue weighted by molar-refractivity contribution is 0.0941. The summed E-state index contributed by atoms with van der Waals surface area (Å²) in [5, 5.41) is 2.93. The highest BCUT2D eigenvalue weighted by Crippen LogP contribution is 2.21. The number of aryl methyl sites for hydroxylation is 1. The number of imidazole rings is 1. The van der Waals surface area contributed by atoms with Gasteiger partial charge in [0.25, 0.3) is 5.91 Å². The number of amides is 1. The Morgan fingerprint density at radius 3 is 2.61 bits per heavy atom. The smallest absolute Gasteiger partial charge is 0.253 e. The molecule has 0 aliphatic rings. The van der Waals surface area contributed by atoms with Crippen molar-refractivity contribution in [3.8, 4) is 0 Å². The molecule has 23 heavy (non-hydrogen) atoms. The van der Waals surface area contributed by atoms with E-state index in [1.165, 1.54) is 18.3 Å². The third-order valence-electron chi connectivity index (χ3n) is 3.52. The van der Waals surface area contributed by atoms with Crippen molar-refractivity contribution in [1.82, 2.24) is 19.9 Å². The molecule has 116 valence electrons. The summed E-state index contributed by atoms with van der Waals surface area (Å²) < 4.78 is 15.0. The Morgan fingerprint density at radius 2 is 2.00 bits per heavy atom. The van der Waals surface area contributed by atoms with E-state index in [1.807, 2.05) is 11.6 Å². The van der Waals surface area contributed by atoms with E-state index >= 15 is 0 Å². The lowest BCUT2D eigenvalue weighted by Crippen LogP contribution is -2.31. The molecule has 3 rings (SSSR count). The fourth-order valence-electron chi connectivity index (χ4n) is 2.32. The highest BCUT2D eigenvalue weighted by molar-refractivity contribution is 5.94. The van der Waals surface area contributed by atoms with Crippen LogP contribution in [0.2, 0.25) is 0 Å². The standard InChI is InChI=1S/C17H15FN4O/c1-22-10-9-20-16(22)15(12-4-6-14(18)7-5-12)21-17(23)13-3-2-8-19-11-13/h2-11,15H,1H3,(H,21,23). The topological polar surface area (TPSA) is 59.8 Å². The van der Waals surface area contributed by atoms with Crippen LogP contribution in [0.15, 0.2) is 61.2 Å². The minimum absolute atomic E-state index is 0.268. The van der Waals surface area contributed by atoms with Gasteiger partial charge in [0.15, 0.2) is 0 Å². The van der Waals surface area contributed by atoms with Gasteiger partial charge in [-0.1, -0.05) is 12.1 Å². The fraction of sp³-hybridized carbons (Fsp3) is 0.118. The van der Waals surface area contributed by atoms with E-state index in [0.29, 0.717) is 11.4 Å². The Bertz CT molecular complexity index is 799. The molecule has 1 N–H and O–H groups in total. The summed E-state index contributed by atoms with van der Waals surface area (Å²) in [5.74, 6) is 0.0650. The molecule has 1 atom stereocenters. The van der Waals surface area contributed by atoms with E-state index in [1.54, 1.807) is 42.9 Å². The van der Waals surface area contributed by atoms with Crippen LogP contribution in [0.4, 0.5) is 4.39 Å². The predicted molar refractivity (Wildman–Crippen MR) is 83.2 cm³/mol. The minimum atomic E-state index is -0.483. The molecule has 3 aromatic rings. The van der Waals surface area contributed by atoms with E-state index in [9.17, 15) is 9.18 Å². The third kappa shape index (κ3) is 3.26. The van der Waals surface area contributed by atoms with Gasteiger partial charge in [0.1, 0.15) is 17.7 Å². The van der Waals surface area contributed by atoms with Gasteiger partial charge in [0, 0.05) is 31.8 Å². The Morgan fingerprint density at radius 1 is 1.22 bits per heavy atom. The molecule has 1 unspecified atom stereocenters. The van der Waals surface area contributed by atoms with Crippen molar-refractivity contribution >= 4 is 5.91 Å². The van der Waals surface area contributed by atoms with E-state index in [4.69, 9.17) is 0 Å². The number of aromatic nitrogens is 3. The quantitative estimate of drug-likeness (QED) is 0.805. The number of benzene rings is 1. The van der Waals surface area contributed by atoms with Gasteiger partial charge < -0.3 is 9.88 Å². The maximum absolute atomic E-state index is 13.2. The van der Waals surface area contributed by atoms with Gasteiger partial charge in [0.2, 0.25) is 0 Å². The molecule has 0 saturated heterocycles. The second kappa shape index (κ2) is 6.39. The number of nitrogens with zero attached hydrogens (tertiary/aromatic N) is 3. The molecular formula is C17H15FN4O. The summed E-state index contributed by atoms with van der Waals surface area (Å²) >= 11 is 0. The molecule has 0 fully saturated rings. The number of hydrogen-bond acceptors (Lipinski definition) is 3. The number of halogens is 1. The first-order chi connectivity index (χ1) is 11.1. The summed E-state index contributed by atoms with van der Waals surface area (Å²) in [7, 11) is 1.84. The van der Waals surface area contributed by atoms with Crippen molar-refractivity contribution in [2.24, 2.45) is 7.05 Å². The van der Waals surface area contributed by atoms with Gasteiger partial charge >= 0.3 is 0 Å². The summed E-state index contributed by atoms with van der Waals surface area (Å²) in [5.41, 5.74) is 1.20. The van der Waals surface area contributed by atoms with Crippen LogP contribution in [0, 0.1) is 5.82 Å². The van der Waals surface area contributed by atoms with Gasteiger partial charge in [-0.25, -0.2) is 9.37 Å². The van der Waals surface area contributed by atoms with Crippen LogP contribution < -0.4 is 5.32 Å². The van der Waals surface area contributed by atoms with Crippen LogP contribution in [-0.4, -0.2) is 20.4 Å². The maximum atomic E-state index is 13.2. The van der Waals surface area contributed by atoms with E-state index in [0.717, 1.165) is 5.56 Å². The largest absolute Gasteiger partial charge is 0.338 e. The van der Waals surface area contributed by atoms with Crippen molar-refractivity contribution in [3.05, 3.63) is 84.0 Å². The van der Waals surface area contributed by atoms with Crippen LogP contribution in [-0.2, 0) is 7.05 Å². The second-order valence-corrected chi connectivity index (χ2v) is 5.10. The van der Waals surface area contributed by atoms with Crippen molar-refractivity contribution in [2.45, 2.75) is 6.04 Å². The van der Waals surface area contributed by atoms with Gasteiger partial charge in [-0.05, 0) is 29.8 Å². The Kier molecular flexibility index (Phi) is 4.14. The average Bonchev–Trinajstić information content (AvgIpc) is 3.00. The lowest BCUT2D eigenvalue weighted by Gasteiger charge is -2.19. The maximum Gasteiger partial charge on any atom is 0.253 e. The van der Waals surface area contributed by atoms with E-state index in [2.05, 4.69) is 15.3 Å². The first-order valence-electron chi connectivity index (χ1n) is 7.09. The van der Waals surface area contributed by atoms with Crippen LogP contribution in [0.25, 0.3) is 0 Å². The highest BCUT2D eigenvalue weighted by Gasteiger charge is 2.21. The first kappa shape index (κ1) is 14.9. The van der Waals surface area contributed by atoms with Crippen LogP contribution in [0.3, 0.4) is 0 Å². The van der Waals surface area contributed by atoms with Crippen LogP contribution in [0.5, 0.6) is 0 Å². The molecule has 6 heteroatoms. The Balaban J connectivity index is 1.94. The molecule has 0 spiro atoms. The van der Waals surface area contributed by atoms with Gasteiger partial charge in [0.05, 0.1) is 5.56 Å². The number of carbonyl (C=O) groups excluding carboxylic acids is 1. The normalized spacial score (nSPS) is 11.9. The van der Waals surface area contributed by atoms with Crippen molar-refractivity contribution in [1.29, 1.82) is 0 Å². The predicted octanol–water partition coefficient (Wildman–Crippen LogP) is 2.47. The molecule has 0 bridgehead atoms. The highest BCUT2D eigenvalue weighted by atomic mass is 19.1. The van der Waals surface area contributed by atoms with Crippen LogP contribution in [0.1, 0.15) is 27.8 Å². The molecule has 0 aliphatic carbocycles. The fourth-order valence-corrected chi connectivity index (χ4v) is 2.32. The van der Waals surface area contributed by atoms with Crippen molar-refractivity contribution in [3.63, 3.8) is 0 Å². The average molecular weight is 310 g/mol. The second-order valence-electron chi connectivity index (χ2n) is 5.10. The summed E-state index contributed by atoms with van der Waals surface area (Å²) in [6.45, 7) is 0. The zero-order valence-corrected chi connectivity index (χ0v) is 12.5. The third-order valence-corrected chi connectivity index (χ3v) is 3.52. The molecule has 2 heterocycles. The first-order valence-corrected chi connectivity index (χ1v) is 7.09. The number of pyridine rings is 1. The molecule has 2 aromatic heterocycles. The summed E-state index contributed by atoms with van der Waals surface area (Å²) in [4.78, 5) is 20.7. The molecule has 0 aliphatic heterocycles. The Hall–Kier alpha value is -3.02.